The maximum atomic E-state index is 13.5. The molecule has 0 fully saturated rings. The fourth-order valence-corrected chi connectivity index (χ4v) is 3.78. The second kappa shape index (κ2) is 11.0. The van der Waals surface area contributed by atoms with Crippen LogP contribution in [0.1, 0.15) is 21.5 Å². The first kappa shape index (κ1) is 26.5. The highest BCUT2D eigenvalue weighted by atomic mass is 19.4. The number of halogens is 5. The standard InChI is InChI=1S/C29H19F5N4O2/c30-22-10-4-18(5-11-22)17-40-28-36-26(19-6-8-21(9-7-19)29(32,33)34)38(37-28)25-14-12-24(13-15-25)35-27(39)20-2-1-3-23(31)16-20/h1-16H,17H2,(H,35,39). The van der Waals surface area contributed by atoms with Gasteiger partial charge in [-0.3, -0.25) is 4.79 Å². The summed E-state index contributed by atoms with van der Waals surface area (Å²) in [5.74, 6) is -1.23. The molecule has 5 rings (SSSR count). The number of alkyl halides is 3. The van der Waals surface area contributed by atoms with Crippen LogP contribution in [0.4, 0.5) is 27.6 Å². The molecule has 40 heavy (non-hydrogen) atoms. The lowest BCUT2D eigenvalue weighted by molar-refractivity contribution is -0.137. The summed E-state index contributed by atoms with van der Waals surface area (Å²) in [6, 6.07) is 21.7. The average Bonchev–Trinajstić information content (AvgIpc) is 3.37. The summed E-state index contributed by atoms with van der Waals surface area (Å²) in [6.07, 6.45) is -4.50. The number of carbonyl (C=O) groups excluding carboxylic acids is 1. The van der Waals surface area contributed by atoms with Crippen molar-refractivity contribution in [3.05, 3.63) is 125 Å². The molecule has 6 nitrogen and oxygen atoms in total. The van der Waals surface area contributed by atoms with Gasteiger partial charge in [0.25, 0.3) is 5.91 Å². The summed E-state index contributed by atoms with van der Waals surface area (Å²) >= 11 is 0. The Balaban J connectivity index is 1.42. The average molecular weight is 550 g/mol. The first-order valence-corrected chi connectivity index (χ1v) is 11.8. The fourth-order valence-electron chi connectivity index (χ4n) is 3.78. The Morgan fingerprint density at radius 1 is 0.850 bits per heavy atom. The van der Waals surface area contributed by atoms with Crippen LogP contribution in [0.15, 0.2) is 97.1 Å². The van der Waals surface area contributed by atoms with Crippen LogP contribution in [0, 0.1) is 11.6 Å². The van der Waals surface area contributed by atoms with E-state index >= 15 is 0 Å². The first-order chi connectivity index (χ1) is 19.2. The van der Waals surface area contributed by atoms with Crippen molar-refractivity contribution in [3.63, 3.8) is 0 Å². The van der Waals surface area contributed by atoms with Gasteiger partial charge in [-0.2, -0.15) is 18.2 Å². The third-order valence-electron chi connectivity index (χ3n) is 5.80. The van der Waals surface area contributed by atoms with Crippen molar-refractivity contribution in [2.75, 3.05) is 5.32 Å². The molecule has 0 atom stereocenters. The molecule has 0 saturated carbocycles. The second-order valence-corrected chi connectivity index (χ2v) is 8.63. The lowest BCUT2D eigenvalue weighted by atomic mass is 10.1. The van der Waals surface area contributed by atoms with Gasteiger partial charge >= 0.3 is 12.2 Å². The molecule has 0 unspecified atom stereocenters. The Hall–Kier alpha value is -5.06. The fraction of sp³-hybridized carbons (Fsp3) is 0.0690. The quantitative estimate of drug-likeness (QED) is 0.220. The van der Waals surface area contributed by atoms with Crippen LogP contribution in [0.3, 0.4) is 0 Å². The highest BCUT2D eigenvalue weighted by Gasteiger charge is 2.30. The summed E-state index contributed by atoms with van der Waals surface area (Å²) in [7, 11) is 0. The predicted octanol–water partition coefficient (Wildman–Crippen LogP) is 7.06. The molecule has 1 amide bonds. The van der Waals surface area contributed by atoms with E-state index < -0.39 is 29.3 Å². The number of hydrogen-bond acceptors (Lipinski definition) is 4. The molecule has 1 heterocycles. The number of carbonyl (C=O) groups is 1. The summed E-state index contributed by atoms with van der Waals surface area (Å²) in [5.41, 5.74) is 1.24. The Morgan fingerprint density at radius 3 is 2.20 bits per heavy atom. The van der Waals surface area contributed by atoms with E-state index in [1.807, 2.05) is 0 Å². The number of ether oxygens (including phenoxy) is 1. The Bertz CT molecular complexity index is 1630. The minimum Gasteiger partial charge on any atom is -0.457 e. The van der Waals surface area contributed by atoms with E-state index in [4.69, 9.17) is 4.74 Å². The lowest BCUT2D eigenvalue weighted by Gasteiger charge is -2.10. The topological polar surface area (TPSA) is 69.0 Å². The number of amides is 1. The summed E-state index contributed by atoms with van der Waals surface area (Å²) in [4.78, 5) is 16.8. The number of nitrogens with zero attached hydrogens (tertiary/aromatic N) is 3. The van der Waals surface area contributed by atoms with Crippen LogP contribution in [0.25, 0.3) is 17.1 Å². The maximum absolute atomic E-state index is 13.5. The summed E-state index contributed by atoms with van der Waals surface area (Å²) in [5, 5.41) is 7.04. The van der Waals surface area contributed by atoms with E-state index in [9.17, 15) is 26.7 Å². The van der Waals surface area contributed by atoms with Crippen molar-refractivity contribution in [1.82, 2.24) is 14.8 Å². The van der Waals surface area contributed by atoms with E-state index in [1.165, 1.54) is 47.1 Å². The maximum Gasteiger partial charge on any atom is 0.416 e. The molecule has 0 aliphatic carbocycles. The number of anilines is 1. The van der Waals surface area contributed by atoms with Crippen LogP contribution < -0.4 is 10.1 Å². The third kappa shape index (κ3) is 6.15. The largest absolute Gasteiger partial charge is 0.457 e. The molecule has 202 valence electrons. The van der Waals surface area contributed by atoms with E-state index in [1.54, 1.807) is 36.4 Å². The first-order valence-electron chi connectivity index (χ1n) is 11.8. The Morgan fingerprint density at radius 2 is 1.55 bits per heavy atom. The van der Waals surface area contributed by atoms with Crippen LogP contribution in [0.5, 0.6) is 6.01 Å². The van der Waals surface area contributed by atoms with E-state index in [2.05, 4.69) is 15.4 Å². The smallest absolute Gasteiger partial charge is 0.416 e. The predicted molar refractivity (Wildman–Crippen MR) is 137 cm³/mol. The molecule has 0 aliphatic heterocycles. The molecule has 5 aromatic rings. The molecule has 0 radical (unpaired) electrons. The van der Waals surface area contributed by atoms with Gasteiger partial charge in [-0.1, -0.05) is 30.3 Å². The van der Waals surface area contributed by atoms with Gasteiger partial charge in [0, 0.05) is 16.8 Å². The number of nitrogens with one attached hydrogen (secondary N) is 1. The van der Waals surface area contributed by atoms with Gasteiger partial charge in [0.1, 0.15) is 18.2 Å². The van der Waals surface area contributed by atoms with E-state index in [0.717, 1.165) is 18.2 Å². The third-order valence-corrected chi connectivity index (χ3v) is 5.80. The van der Waals surface area contributed by atoms with Crippen LogP contribution in [-0.4, -0.2) is 20.7 Å². The van der Waals surface area contributed by atoms with E-state index in [0.29, 0.717) is 22.5 Å². The number of rotatable bonds is 7. The molecule has 0 saturated heterocycles. The van der Waals surface area contributed by atoms with Gasteiger partial charge in [0.05, 0.1) is 11.3 Å². The van der Waals surface area contributed by atoms with E-state index in [-0.39, 0.29) is 24.0 Å². The normalized spacial score (nSPS) is 11.3. The molecule has 1 aromatic heterocycles. The van der Waals surface area contributed by atoms with Crippen LogP contribution in [0.2, 0.25) is 0 Å². The monoisotopic (exact) mass is 550 g/mol. The highest BCUT2D eigenvalue weighted by molar-refractivity contribution is 6.04. The molecule has 4 aromatic carbocycles. The van der Waals surface area contributed by atoms with Crippen molar-refractivity contribution in [2.45, 2.75) is 12.8 Å². The van der Waals surface area contributed by atoms with Gasteiger partial charge in [-0.15, -0.1) is 5.10 Å². The van der Waals surface area contributed by atoms with Crippen molar-refractivity contribution in [1.29, 1.82) is 0 Å². The molecular weight excluding hydrogens is 531 g/mol. The lowest BCUT2D eigenvalue weighted by Crippen LogP contribution is -2.12. The molecule has 0 aliphatic rings. The van der Waals surface area contributed by atoms with Gasteiger partial charge in [0.2, 0.25) is 0 Å². The minimum absolute atomic E-state index is 0.0296. The van der Waals surface area contributed by atoms with Crippen LogP contribution >= 0.6 is 0 Å². The van der Waals surface area contributed by atoms with Gasteiger partial charge in [-0.25, -0.2) is 13.5 Å². The van der Waals surface area contributed by atoms with Crippen molar-refractivity contribution in [3.8, 4) is 23.1 Å². The number of aromatic nitrogens is 3. The van der Waals surface area contributed by atoms with Crippen molar-refractivity contribution in [2.24, 2.45) is 0 Å². The Labute approximate surface area is 224 Å². The molecule has 11 heteroatoms. The zero-order valence-corrected chi connectivity index (χ0v) is 20.5. The van der Waals surface area contributed by atoms with Gasteiger partial charge < -0.3 is 10.1 Å². The zero-order valence-electron chi connectivity index (χ0n) is 20.5. The summed E-state index contributed by atoms with van der Waals surface area (Å²) in [6.45, 7) is 0.0296. The SMILES string of the molecule is O=C(Nc1ccc(-n2nc(OCc3ccc(F)cc3)nc2-c2ccc(C(F)(F)F)cc2)cc1)c1cccc(F)c1. The zero-order chi connectivity index (χ0) is 28.3. The van der Waals surface area contributed by atoms with Gasteiger partial charge in [-0.05, 0) is 72.3 Å². The van der Waals surface area contributed by atoms with Crippen molar-refractivity contribution >= 4 is 11.6 Å². The molecule has 1 N–H and O–H groups in total. The number of hydrogen-bond donors (Lipinski definition) is 1. The van der Waals surface area contributed by atoms with Crippen molar-refractivity contribution < 1.29 is 31.5 Å². The highest BCUT2D eigenvalue weighted by Crippen LogP contribution is 2.32. The second-order valence-electron chi connectivity index (χ2n) is 8.63. The van der Waals surface area contributed by atoms with Gasteiger partial charge in [0.15, 0.2) is 5.82 Å². The number of benzene rings is 4. The summed E-state index contributed by atoms with van der Waals surface area (Å²) < 4.78 is 73.0. The Kier molecular flexibility index (Phi) is 7.28. The molecule has 0 spiro atoms. The molecule has 0 bridgehead atoms. The minimum atomic E-state index is -4.50. The molecular formula is C29H19F5N4O2. The van der Waals surface area contributed by atoms with Crippen LogP contribution in [-0.2, 0) is 12.8 Å².